The van der Waals surface area contributed by atoms with E-state index >= 15 is 0 Å². The van der Waals surface area contributed by atoms with Crippen LogP contribution in [0.3, 0.4) is 0 Å². The van der Waals surface area contributed by atoms with Gasteiger partial charge in [0.05, 0.1) is 18.6 Å². The molecule has 0 amide bonds. The van der Waals surface area contributed by atoms with Gasteiger partial charge in [-0.25, -0.2) is 9.18 Å². The summed E-state index contributed by atoms with van der Waals surface area (Å²) in [5.74, 6) is -3.37. The average Bonchev–Trinajstić information content (AvgIpc) is 2.15. The first-order valence-corrected chi connectivity index (χ1v) is 3.65. The molecule has 0 atom stereocenters. The third-order valence-electron chi connectivity index (χ3n) is 1.61. The molecule has 0 aliphatic heterocycles. The summed E-state index contributed by atoms with van der Waals surface area (Å²) < 4.78 is 17.3. The Labute approximate surface area is 78.9 Å². The molecule has 0 aromatic heterocycles. The van der Waals surface area contributed by atoms with Crippen LogP contribution in [-0.2, 0) is 4.74 Å². The SMILES string of the molecule is COC(=O)c1ccc(C(=O)[O-])c(F)c1. The fourth-order valence-corrected chi connectivity index (χ4v) is 0.925. The number of carbonyl (C=O) groups is 2. The van der Waals surface area contributed by atoms with Gasteiger partial charge in [-0.05, 0) is 18.2 Å². The molecule has 0 fully saturated rings. The van der Waals surface area contributed by atoms with Crippen LogP contribution in [0.2, 0.25) is 0 Å². The number of rotatable bonds is 2. The lowest BCUT2D eigenvalue weighted by Crippen LogP contribution is -2.23. The first kappa shape index (κ1) is 10.2. The fourth-order valence-electron chi connectivity index (χ4n) is 0.925. The summed E-state index contributed by atoms with van der Waals surface area (Å²) in [5.41, 5.74) is -0.632. The monoisotopic (exact) mass is 197 g/mol. The molecule has 0 unspecified atom stereocenters. The standard InChI is InChI=1S/C9H7FO4/c1-14-9(13)5-2-3-6(8(11)12)7(10)4-5/h2-4H,1H3,(H,11,12)/p-1. The van der Waals surface area contributed by atoms with E-state index in [1.807, 2.05) is 0 Å². The van der Waals surface area contributed by atoms with Crippen LogP contribution in [0.1, 0.15) is 20.7 Å². The molecular weight excluding hydrogens is 191 g/mol. The van der Waals surface area contributed by atoms with Crippen molar-refractivity contribution in [2.45, 2.75) is 0 Å². The Bertz CT molecular complexity index is 386. The van der Waals surface area contributed by atoms with Gasteiger partial charge < -0.3 is 14.6 Å². The second kappa shape index (κ2) is 3.87. The molecular formula is C9H6FO4-. The van der Waals surface area contributed by atoms with E-state index < -0.39 is 23.3 Å². The van der Waals surface area contributed by atoms with Gasteiger partial charge in [0.1, 0.15) is 5.82 Å². The minimum Gasteiger partial charge on any atom is -0.545 e. The van der Waals surface area contributed by atoms with Gasteiger partial charge in [0.25, 0.3) is 0 Å². The fraction of sp³-hybridized carbons (Fsp3) is 0.111. The largest absolute Gasteiger partial charge is 0.545 e. The van der Waals surface area contributed by atoms with Crippen molar-refractivity contribution < 1.29 is 23.8 Å². The zero-order valence-corrected chi connectivity index (χ0v) is 7.24. The van der Waals surface area contributed by atoms with Crippen LogP contribution in [0, 0.1) is 5.82 Å². The lowest BCUT2D eigenvalue weighted by atomic mass is 10.1. The third kappa shape index (κ3) is 1.87. The van der Waals surface area contributed by atoms with Gasteiger partial charge in [0.15, 0.2) is 0 Å². The summed E-state index contributed by atoms with van der Waals surface area (Å²) in [5, 5.41) is 10.3. The van der Waals surface area contributed by atoms with Gasteiger partial charge in [0.2, 0.25) is 0 Å². The van der Waals surface area contributed by atoms with E-state index in [0.29, 0.717) is 0 Å². The highest BCUT2D eigenvalue weighted by atomic mass is 19.1. The molecule has 0 N–H and O–H groups in total. The van der Waals surface area contributed by atoms with Gasteiger partial charge in [-0.15, -0.1) is 0 Å². The molecule has 0 heterocycles. The molecule has 0 saturated heterocycles. The van der Waals surface area contributed by atoms with Crippen LogP contribution in [0.25, 0.3) is 0 Å². The van der Waals surface area contributed by atoms with Crippen molar-refractivity contribution in [3.05, 3.63) is 35.1 Å². The number of hydrogen-bond donors (Lipinski definition) is 0. The van der Waals surface area contributed by atoms with Gasteiger partial charge in [-0.3, -0.25) is 0 Å². The molecule has 14 heavy (non-hydrogen) atoms. The van der Waals surface area contributed by atoms with Crippen molar-refractivity contribution >= 4 is 11.9 Å². The summed E-state index contributed by atoms with van der Waals surface area (Å²) in [6, 6.07) is 2.90. The molecule has 0 radical (unpaired) electrons. The predicted octanol–water partition coefficient (Wildman–Crippen LogP) is -0.0242. The second-order valence-corrected chi connectivity index (χ2v) is 2.47. The maximum absolute atomic E-state index is 13.0. The predicted molar refractivity (Wildman–Crippen MR) is 42.1 cm³/mol. The molecule has 1 aromatic rings. The van der Waals surface area contributed by atoms with Crippen LogP contribution in [0.4, 0.5) is 4.39 Å². The topological polar surface area (TPSA) is 66.4 Å². The molecule has 0 bridgehead atoms. The summed E-state index contributed by atoms with van der Waals surface area (Å²) in [6.07, 6.45) is 0. The zero-order chi connectivity index (χ0) is 10.7. The highest BCUT2D eigenvalue weighted by Gasteiger charge is 2.09. The molecule has 1 aromatic carbocycles. The molecule has 1 rings (SSSR count). The number of halogens is 1. The van der Waals surface area contributed by atoms with Gasteiger partial charge in [0, 0.05) is 5.56 Å². The Morgan fingerprint density at radius 1 is 1.43 bits per heavy atom. The second-order valence-electron chi connectivity index (χ2n) is 2.47. The Hall–Kier alpha value is -1.91. The van der Waals surface area contributed by atoms with Crippen LogP contribution in [0.5, 0.6) is 0 Å². The lowest BCUT2D eigenvalue weighted by Gasteiger charge is -2.05. The number of carboxylic acid groups (broad SMARTS) is 1. The van der Waals surface area contributed by atoms with E-state index in [-0.39, 0.29) is 5.56 Å². The first-order chi connectivity index (χ1) is 6.56. The number of hydrogen-bond acceptors (Lipinski definition) is 4. The maximum atomic E-state index is 13.0. The summed E-state index contributed by atoms with van der Waals surface area (Å²) >= 11 is 0. The van der Waals surface area contributed by atoms with Gasteiger partial charge in [-0.1, -0.05) is 0 Å². The Morgan fingerprint density at radius 2 is 2.07 bits per heavy atom. The Morgan fingerprint density at radius 3 is 2.50 bits per heavy atom. The third-order valence-corrected chi connectivity index (χ3v) is 1.61. The number of esters is 1. The molecule has 0 aliphatic carbocycles. The number of methoxy groups -OCH3 is 1. The maximum Gasteiger partial charge on any atom is 0.337 e. The average molecular weight is 197 g/mol. The molecule has 0 saturated carbocycles. The number of carbonyl (C=O) groups excluding carboxylic acids is 2. The number of benzene rings is 1. The molecule has 5 heteroatoms. The van der Waals surface area contributed by atoms with E-state index in [2.05, 4.69) is 4.74 Å². The minimum atomic E-state index is -1.63. The highest BCUT2D eigenvalue weighted by molar-refractivity contribution is 5.92. The molecule has 4 nitrogen and oxygen atoms in total. The normalized spacial score (nSPS) is 9.57. The van der Waals surface area contributed by atoms with Gasteiger partial charge in [-0.2, -0.15) is 0 Å². The number of carboxylic acids is 1. The van der Waals surface area contributed by atoms with E-state index in [0.717, 1.165) is 25.3 Å². The van der Waals surface area contributed by atoms with Crippen LogP contribution in [-0.4, -0.2) is 19.0 Å². The summed E-state index contributed by atoms with van der Waals surface area (Å²) in [6.45, 7) is 0. The van der Waals surface area contributed by atoms with Crippen molar-refractivity contribution in [2.75, 3.05) is 7.11 Å². The molecule has 0 spiro atoms. The highest BCUT2D eigenvalue weighted by Crippen LogP contribution is 2.10. The van der Waals surface area contributed by atoms with Crippen LogP contribution >= 0.6 is 0 Å². The molecule has 0 aliphatic rings. The van der Waals surface area contributed by atoms with E-state index in [1.165, 1.54) is 0 Å². The van der Waals surface area contributed by atoms with Crippen molar-refractivity contribution in [1.29, 1.82) is 0 Å². The van der Waals surface area contributed by atoms with Crippen LogP contribution < -0.4 is 5.11 Å². The number of aromatic carboxylic acids is 1. The van der Waals surface area contributed by atoms with Crippen molar-refractivity contribution in [1.82, 2.24) is 0 Å². The number of ether oxygens (including phenoxy) is 1. The Balaban J connectivity index is 3.12. The van der Waals surface area contributed by atoms with Crippen molar-refractivity contribution in [2.24, 2.45) is 0 Å². The van der Waals surface area contributed by atoms with Crippen LogP contribution in [0.15, 0.2) is 18.2 Å². The van der Waals surface area contributed by atoms with Crippen molar-refractivity contribution in [3.8, 4) is 0 Å². The minimum absolute atomic E-state index is 0.0463. The van der Waals surface area contributed by atoms with Crippen molar-refractivity contribution in [3.63, 3.8) is 0 Å². The smallest absolute Gasteiger partial charge is 0.337 e. The summed E-state index contributed by atoms with van der Waals surface area (Å²) in [7, 11) is 1.15. The first-order valence-electron chi connectivity index (χ1n) is 3.65. The summed E-state index contributed by atoms with van der Waals surface area (Å²) in [4.78, 5) is 21.2. The zero-order valence-electron chi connectivity index (χ0n) is 7.24. The molecule has 74 valence electrons. The van der Waals surface area contributed by atoms with E-state index in [9.17, 15) is 19.1 Å². The lowest BCUT2D eigenvalue weighted by molar-refractivity contribution is -0.255. The van der Waals surface area contributed by atoms with E-state index in [4.69, 9.17) is 0 Å². The Kier molecular flexibility index (Phi) is 2.81. The van der Waals surface area contributed by atoms with E-state index in [1.54, 1.807) is 0 Å². The quantitative estimate of drug-likeness (QED) is 0.624. The van der Waals surface area contributed by atoms with Gasteiger partial charge >= 0.3 is 5.97 Å².